The Kier molecular flexibility index (Phi) is 4.28. The summed E-state index contributed by atoms with van der Waals surface area (Å²) in [6.45, 7) is 6.93. The van der Waals surface area contributed by atoms with Crippen LogP contribution in [0.4, 0.5) is 0 Å². The lowest BCUT2D eigenvalue weighted by Crippen LogP contribution is -2.22. The third-order valence-corrected chi connectivity index (χ3v) is 2.67. The molecular formula is C12H18N2O2. The van der Waals surface area contributed by atoms with E-state index >= 15 is 0 Å². The Morgan fingerprint density at radius 3 is 2.69 bits per heavy atom. The molecule has 1 rings (SSSR count). The van der Waals surface area contributed by atoms with Gasteiger partial charge in [-0.15, -0.1) is 0 Å². The van der Waals surface area contributed by atoms with Crippen LogP contribution in [-0.4, -0.2) is 23.3 Å². The summed E-state index contributed by atoms with van der Waals surface area (Å²) in [6, 6.07) is 1.89. The molecule has 1 N–H and O–H groups in total. The molecular weight excluding hydrogens is 204 g/mol. The quantitative estimate of drug-likeness (QED) is 0.605. The molecule has 4 nitrogen and oxygen atoms in total. The van der Waals surface area contributed by atoms with Gasteiger partial charge in [-0.1, -0.05) is 0 Å². The van der Waals surface area contributed by atoms with Crippen LogP contribution in [0.15, 0.2) is 6.07 Å². The van der Waals surface area contributed by atoms with Gasteiger partial charge in [0, 0.05) is 37.0 Å². The largest absolute Gasteiger partial charge is 0.356 e. The first-order valence-electron chi connectivity index (χ1n) is 5.42. The zero-order chi connectivity index (χ0) is 12.1. The van der Waals surface area contributed by atoms with E-state index in [1.165, 1.54) is 6.92 Å². The molecule has 0 fully saturated rings. The first-order valence-corrected chi connectivity index (χ1v) is 5.42. The maximum atomic E-state index is 10.7. The Labute approximate surface area is 95.6 Å². The van der Waals surface area contributed by atoms with E-state index in [9.17, 15) is 9.59 Å². The fourth-order valence-electron chi connectivity index (χ4n) is 1.79. The number of aromatic nitrogens is 1. The van der Waals surface area contributed by atoms with Crippen LogP contribution in [0.1, 0.15) is 35.1 Å². The molecule has 0 bridgehead atoms. The first kappa shape index (κ1) is 12.5. The second-order valence-electron chi connectivity index (χ2n) is 3.93. The molecule has 0 atom stereocenters. The number of aryl methyl sites for hydroxylation is 1. The predicted octanol–water partition coefficient (Wildman–Crippen LogP) is 1.44. The number of carbonyl (C=O) groups is 2. The first-order chi connectivity index (χ1) is 7.56. The zero-order valence-corrected chi connectivity index (χ0v) is 10.0. The van der Waals surface area contributed by atoms with Crippen LogP contribution in [0.3, 0.4) is 0 Å². The second-order valence-corrected chi connectivity index (χ2v) is 3.93. The minimum Gasteiger partial charge on any atom is -0.356 e. The second kappa shape index (κ2) is 5.49. The highest BCUT2D eigenvalue weighted by Gasteiger charge is 2.07. The van der Waals surface area contributed by atoms with E-state index in [2.05, 4.69) is 9.88 Å². The van der Waals surface area contributed by atoms with Gasteiger partial charge < -0.3 is 9.88 Å². The maximum absolute atomic E-state index is 10.7. The molecule has 4 heteroatoms. The smallest absolute Gasteiger partial charge is 0.216 e. The van der Waals surface area contributed by atoms with Crippen LogP contribution in [-0.2, 0) is 11.3 Å². The molecule has 1 aromatic heterocycles. The van der Waals surface area contributed by atoms with Gasteiger partial charge in [-0.25, -0.2) is 0 Å². The number of nitrogens with one attached hydrogen (secondary N) is 1. The molecule has 0 saturated heterocycles. The highest BCUT2D eigenvalue weighted by atomic mass is 16.1. The highest BCUT2D eigenvalue weighted by Crippen LogP contribution is 2.13. The maximum Gasteiger partial charge on any atom is 0.216 e. The monoisotopic (exact) mass is 222 g/mol. The molecule has 0 aliphatic rings. The number of hydrogen-bond acceptors (Lipinski definition) is 2. The van der Waals surface area contributed by atoms with Crippen molar-refractivity contribution < 1.29 is 9.59 Å². The number of amides is 1. The third kappa shape index (κ3) is 2.95. The molecule has 1 aromatic rings. The summed E-state index contributed by atoms with van der Waals surface area (Å²) in [6.07, 6.45) is 1.75. The summed E-state index contributed by atoms with van der Waals surface area (Å²) in [5, 5.41) is 2.75. The van der Waals surface area contributed by atoms with Crippen molar-refractivity contribution in [3.05, 3.63) is 23.0 Å². The van der Waals surface area contributed by atoms with Crippen LogP contribution in [0, 0.1) is 13.8 Å². The fourth-order valence-corrected chi connectivity index (χ4v) is 1.79. The van der Waals surface area contributed by atoms with Crippen LogP contribution < -0.4 is 5.32 Å². The van der Waals surface area contributed by atoms with Crippen LogP contribution in [0.2, 0.25) is 0 Å². The highest BCUT2D eigenvalue weighted by molar-refractivity contribution is 5.77. The fraction of sp³-hybridized carbons (Fsp3) is 0.500. The number of hydrogen-bond donors (Lipinski definition) is 1. The van der Waals surface area contributed by atoms with E-state index in [1.807, 2.05) is 19.9 Å². The van der Waals surface area contributed by atoms with Gasteiger partial charge in [0.15, 0.2) is 6.29 Å². The van der Waals surface area contributed by atoms with Crippen molar-refractivity contribution in [2.75, 3.05) is 6.54 Å². The van der Waals surface area contributed by atoms with E-state index < -0.39 is 0 Å². The predicted molar refractivity (Wildman–Crippen MR) is 62.6 cm³/mol. The lowest BCUT2D eigenvalue weighted by atomic mass is 10.3. The standard InChI is InChI=1S/C12H18N2O2/c1-9-7-12(8-15)10(2)14(9)6-4-5-13-11(3)16/h7-8H,4-6H2,1-3H3,(H,13,16). The van der Waals surface area contributed by atoms with Gasteiger partial charge in [0.25, 0.3) is 0 Å². The van der Waals surface area contributed by atoms with Crippen molar-refractivity contribution in [2.24, 2.45) is 0 Å². The van der Waals surface area contributed by atoms with Crippen molar-refractivity contribution in [2.45, 2.75) is 33.7 Å². The number of nitrogens with zero attached hydrogens (tertiary/aromatic N) is 1. The van der Waals surface area contributed by atoms with Gasteiger partial charge in [0.2, 0.25) is 5.91 Å². The molecule has 0 saturated carbocycles. The van der Waals surface area contributed by atoms with Crippen molar-refractivity contribution in [3.63, 3.8) is 0 Å². The van der Waals surface area contributed by atoms with Gasteiger partial charge in [-0.3, -0.25) is 9.59 Å². The minimum atomic E-state index is -0.00506. The Hall–Kier alpha value is -1.58. The van der Waals surface area contributed by atoms with Gasteiger partial charge in [0.1, 0.15) is 0 Å². The van der Waals surface area contributed by atoms with Gasteiger partial charge in [0.05, 0.1) is 0 Å². The number of rotatable bonds is 5. The number of aldehydes is 1. The van der Waals surface area contributed by atoms with Crippen molar-refractivity contribution in [3.8, 4) is 0 Å². The van der Waals surface area contributed by atoms with Gasteiger partial charge >= 0.3 is 0 Å². The summed E-state index contributed by atoms with van der Waals surface area (Å²) >= 11 is 0. The Bertz CT molecular complexity index is 394. The Morgan fingerprint density at radius 2 is 2.19 bits per heavy atom. The molecule has 88 valence electrons. The molecule has 1 amide bonds. The van der Waals surface area contributed by atoms with Crippen molar-refractivity contribution in [1.29, 1.82) is 0 Å². The third-order valence-electron chi connectivity index (χ3n) is 2.67. The summed E-state index contributed by atoms with van der Waals surface area (Å²) < 4.78 is 2.10. The molecule has 16 heavy (non-hydrogen) atoms. The molecule has 1 heterocycles. The topological polar surface area (TPSA) is 51.1 Å². The van der Waals surface area contributed by atoms with Crippen LogP contribution >= 0.6 is 0 Å². The average molecular weight is 222 g/mol. The lowest BCUT2D eigenvalue weighted by molar-refractivity contribution is -0.118. The van der Waals surface area contributed by atoms with E-state index in [4.69, 9.17) is 0 Å². The van der Waals surface area contributed by atoms with E-state index in [1.54, 1.807) is 0 Å². The summed E-state index contributed by atoms with van der Waals surface area (Å²) in [5.74, 6) is -0.00506. The zero-order valence-electron chi connectivity index (χ0n) is 10.0. The SMILES string of the molecule is CC(=O)NCCCn1c(C)cc(C=O)c1C. The molecule has 0 aromatic carbocycles. The van der Waals surface area contributed by atoms with Crippen LogP contribution in [0.5, 0.6) is 0 Å². The molecule has 0 aliphatic carbocycles. The van der Waals surface area contributed by atoms with E-state index in [-0.39, 0.29) is 5.91 Å². The molecule has 0 unspecified atom stereocenters. The van der Waals surface area contributed by atoms with E-state index in [0.717, 1.165) is 36.2 Å². The normalized spacial score (nSPS) is 10.2. The van der Waals surface area contributed by atoms with Crippen LogP contribution in [0.25, 0.3) is 0 Å². The summed E-state index contributed by atoms with van der Waals surface area (Å²) in [5.41, 5.74) is 2.83. The summed E-state index contributed by atoms with van der Waals surface area (Å²) in [7, 11) is 0. The number of carbonyl (C=O) groups excluding carboxylic acids is 2. The Morgan fingerprint density at radius 1 is 1.50 bits per heavy atom. The molecule has 0 spiro atoms. The van der Waals surface area contributed by atoms with Gasteiger partial charge in [-0.05, 0) is 26.3 Å². The van der Waals surface area contributed by atoms with Crippen molar-refractivity contribution in [1.82, 2.24) is 9.88 Å². The van der Waals surface area contributed by atoms with Gasteiger partial charge in [-0.2, -0.15) is 0 Å². The molecule has 0 aliphatic heterocycles. The lowest BCUT2D eigenvalue weighted by Gasteiger charge is -2.09. The molecule has 0 radical (unpaired) electrons. The minimum absolute atomic E-state index is 0.00506. The summed E-state index contributed by atoms with van der Waals surface area (Å²) in [4.78, 5) is 21.4. The van der Waals surface area contributed by atoms with Crippen molar-refractivity contribution >= 4 is 12.2 Å². The Balaban J connectivity index is 2.56. The average Bonchev–Trinajstić information content (AvgIpc) is 2.50. The van der Waals surface area contributed by atoms with E-state index in [0.29, 0.717) is 6.54 Å².